The van der Waals surface area contributed by atoms with Crippen LogP contribution in [-0.2, 0) is 4.79 Å². The number of hydrogen-bond acceptors (Lipinski definition) is 5. The highest BCUT2D eigenvalue weighted by molar-refractivity contribution is 7.99. The molecular weight excluding hydrogens is 398 g/mol. The van der Waals surface area contributed by atoms with Crippen molar-refractivity contribution in [2.75, 3.05) is 36.8 Å². The maximum atomic E-state index is 12.6. The second-order valence-electron chi connectivity index (χ2n) is 7.70. The fraction of sp³-hybridized carbons (Fsp3) is 0.391. The number of nitrogens with zero attached hydrogens (tertiary/aromatic N) is 3. The van der Waals surface area contributed by atoms with Gasteiger partial charge >= 0.3 is 0 Å². The summed E-state index contributed by atoms with van der Waals surface area (Å²) in [5.41, 5.74) is 4.90. The van der Waals surface area contributed by atoms with Crippen molar-refractivity contribution in [3.63, 3.8) is 0 Å². The van der Waals surface area contributed by atoms with Gasteiger partial charge in [-0.05, 0) is 50.1 Å². The molecule has 0 N–H and O–H groups in total. The number of carbonyl (C=O) groups is 1. The van der Waals surface area contributed by atoms with Crippen molar-refractivity contribution in [3.8, 4) is 0 Å². The molecule has 0 bridgehead atoms. The SMILES string of the molecule is Cc1ccc(SCCC(=O)N2CCN(c3nc4c(C)cc(C)cc4s3)CC2)cc1. The minimum atomic E-state index is 0.264. The van der Waals surface area contributed by atoms with E-state index in [0.29, 0.717) is 6.42 Å². The Morgan fingerprint density at radius 3 is 2.48 bits per heavy atom. The van der Waals surface area contributed by atoms with Crippen LogP contribution in [0.15, 0.2) is 41.3 Å². The van der Waals surface area contributed by atoms with E-state index < -0.39 is 0 Å². The quantitative estimate of drug-likeness (QED) is 0.536. The molecule has 0 radical (unpaired) electrons. The fourth-order valence-corrected chi connectivity index (χ4v) is 5.72. The molecule has 1 saturated heterocycles. The van der Waals surface area contributed by atoms with Crippen molar-refractivity contribution in [2.24, 2.45) is 0 Å². The van der Waals surface area contributed by atoms with Crippen LogP contribution in [0.5, 0.6) is 0 Å². The monoisotopic (exact) mass is 425 g/mol. The van der Waals surface area contributed by atoms with Crippen LogP contribution in [0.25, 0.3) is 10.2 Å². The summed E-state index contributed by atoms with van der Waals surface area (Å²) < 4.78 is 1.25. The van der Waals surface area contributed by atoms with Crippen molar-refractivity contribution in [3.05, 3.63) is 53.1 Å². The first-order chi connectivity index (χ1) is 14.0. The van der Waals surface area contributed by atoms with Gasteiger partial charge < -0.3 is 9.80 Å². The number of piperazine rings is 1. The largest absolute Gasteiger partial charge is 0.345 e. The summed E-state index contributed by atoms with van der Waals surface area (Å²) in [5.74, 6) is 1.10. The zero-order valence-electron chi connectivity index (χ0n) is 17.3. The number of amides is 1. The molecule has 152 valence electrons. The van der Waals surface area contributed by atoms with E-state index in [1.165, 1.54) is 26.3 Å². The van der Waals surface area contributed by atoms with Crippen LogP contribution in [0.2, 0.25) is 0 Å². The Labute approximate surface area is 180 Å². The zero-order valence-corrected chi connectivity index (χ0v) is 18.9. The maximum Gasteiger partial charge on any atom is 0.223 e. The third kappa shape index (κ3) is 4.75. The Hall–Kier alpha value is -2.05. The summed E-state index contributed by atoms with van der Waals surface area (Å²) in [6, 6.07) is 12.9. The fourth-order valence-electron chi connectivity index (χ4n) is 3.69. The number of aromatic nitrogens is 1. The van der Waals surface area contributed by atoms with Crippen LogP contribution in [0.3, 0.4) is 0 Å². The number of thiazole rings is 1. The third-order valence-electron chi connectivity index (χ3n) is 5.33. The molecule has 0 unspecified atom stereocenters. The normalized spacial score (nSPS) is 14.6. The van der Waals surface area contributed by atoms with Gasteiger partial charge in [-0.3, -0.25) is 4.79 Å². The summed E-state index contributed by atoms with van der Waals surface area (Å²) >= 11 is 3.52. The second kappa shape index (κ2) is 8.76. The zero-order chi connectivity index (χ0) is 20.4. The summed E-state index contributed by atoms with van der Waals surface area (Å²) in [6.07, 6.45) is 0.595. The van der Waals surface area contributed by atoms with Crippen LogP contribution in [0.4, 0.5) is 5.13 Å². The molecule has 0 spiro atoms. The predicted octanol–water partition coefficient (Wildman–Crippen LogP) is 5.05. The molecular formula is C23H27N3OS2. The van der Waals surface area contributed by atoms with E-state index in [2.05, 4.69) is 62.1 Å². The van der Waals surface area contributed by atoms with Gasteiger partial charge in [0.25, 0.3) is 0 Å². The first-order valence-corrected chi connectivity index (χ1v) is 11.9. The van der Waals surface area contributed by atoms with Gasteiger partial charge in [-0.2, -0.15) is 0 Å². The maximum absolute atomic E-state index is 12.6. The van der Waals surface area contributed by atoms with E-state index >= 15 is 0 Å². The molecule has 29 heavy (non-hydrogen) atoms. The smallest absolute Gasteiger partial charge is 0.223 e. The number of benzene rings is 2. The molecule has 1 aliphatic heterocycles. The lowest BCUT2D eigenvalue weighted by Gasteiger charge is -2.34. The lowest BCUT2D eigenvalue weighted by Crippen LogP contribution is -2.48. The Morgan fingerprint density at radius 2 is 1.76 bits per heavy atom. The van der Waals surface area contributed by atoms with E-state index in [1.807, 2.05) is 4.90 Å². The summed E-state index contributed by atoms with van der Waals surface area (Å²) in [5, 5.41) is 1.08. The van der Waals surface area contributed by atoms with Crippen LogP contribution in [0, 0.1) is 20.8 Å². The van der Waals surface area contributed by atoms with Crippen LogP contribution >= 0.6 is 23.1 Å². The van der Waals surface area contributed by atoms with Crippen LogP contribution in [0.1, 0.15) is 23.1 Å². The van der Waals surface area contributed by atoms with Crippen molar-refractivity contribution >= 4 is 44.4 Å². The summed E-state index contributed by atoms with van der Waals surface area (Å²) in [7, 11) is 0. The molecule has 1 aromatic heterocycles. The Balaban J connectivity index is 1.29. The van der Waals surface area contributed by atoms with Crippen molar-refractivity contribution in [2.45, 2.75) is 32.1 Å². The van der Waals surface area contributed by atoms with Gasteiger partial charge in [0.2, 0.25) is 5.91 Å². The molecule has 2 aromatic carbocycles. The molecule has 0 aliphatic carbocycles. The molecule has 3 aromatic rings. The average molecular weight is 426 g/mol. The number of carbonyl (C=O) groups excluding carboxylic acids is 1. The van der Waals surface area contributed by atoms with Gasteiger partial charge in [0.1, 0.15) is 0 Å². The Kier molecular flexibility index (Phi) is 6.11. The highest BCUT2D eigenvalue weighted by Gasteiger charge is 2.23. The second-order valence-corrected chi connectivity index (χ2v) is 9.88. The molecule has 1 fully saturated rings. The van der Waals surface area contributed by atoms with E-state index in [-0.39, 0.29) is 5.91 Å². The van der Waals surface area contributed by atoms with E-state index in [0.717, 1.165) is 42.6 Å². The number of rotatable bonds is 5. The topological polar surface area (TPSA) is 36.4 Å². The van der Waals surface area contributed by atoms with Crippen molar-refractivity contribution in [1.82, 2.24) is 9.88 Å². The number of fused-ring (bicyclic) bond motifs is 1. The van der Waals surface area contributed by atoms with Crippen LogP contribution in [-0.4, -0.2) is 47.7 Å². The first-order valence-electron chi connectivity index (χ1n) is 10.1. The van der Waals surface area contributed by atoms with Gasteiger partial charge in [0.05, 0.1) is 10.2 Å². The minimum absolute atomic E-state index is 0.264. The molecule has 4 rings (SSSR count). The number of anilines is 1. The number of hydrogen-bond donors (Lipinski definition) is 0. The summed E-state index contributed by atoms with van der Waals surface area (Å²) in [6.45, 7) is 9.62. The lowest BCUT2D eigenvalue weighted by molar-refractivity contribution is -0.131. The predicted molar refractivity (Wildman–Crippen MR) is 124 cm³/mol. The average Bonchev–Trinajstić information content (AvgIpc) is 3.14. The third-order valence-corrected chi connectivity index (χ3v) is 7.40. The number of thioether (sulfide) groups is 1. The van der Waals surface area contributed by atoms with E-state index in [4.69, 9.17) is 4.98 Å². The molecule has 1 amide bonds. The highest BCUT2D eigenvalue weighted by Crippen LogP contribution is 2.32. The Morgan fingerprint density at radius 1 is 1.03 bits per heavy atom. The number of aryl methyl sites for hydroxylation is 3. The van der Waals surface area contributed by atoms with Crippen molar-refractivity contribution in [1.29, 1.82) is 0 Å². The molecule has 6 heteroatoms. The molecule has 0 saturated carbocycles. The van der Waals surface area contributed by atoms with Crippen molar-refractivity contribution < 1.29 is 4.79 Å². The highest BCUT2D eigenvalue weighted by atomic mass is 32.2. The van der Waals surface area contributed by atoms with Gasteiger partial charge in [-0.1, -0.05) is 35.1 Å². The van der Waals surface area contributed by atoms with E-state index in [9.17, 15) is 4.79 Å². The molecule has 0 atom stereocenters. The van der Waals surface area contributed by atoms with Crippen LogP contribution < -0.4 is 4.90 Å². The standard InChI is InChI=1S/C23H27N3OS2/c1-16-4-6-19(7-5-16)28-13-8-21(27)25-9-11-26(12-10-25)23-24-22-18(3)14-17(2)15-20(22)29-23/h4-7,14-15H,8-13H2,1-3H3. The first kappa shape index (κ1) is 20.2. The van der Waals surface area contributed by atoms with Gasteiger partial charge in [-0.15, -0.1) is 11.8 Å². The molecule has 1 aliphatic rings. The molecule has 2 heterocycles. The lowest BCUT2D eigenvalue weighted by atomic mass is 10.1. The van der Waals surface area contributed by atoms with Gasteiger partial charge in [0.15, 0.2) is 5.13 Å². The van der Waals surface area contributed by atoms with Gasteiger partial charge in [-0.25, -0.2) is 4.98 Å². The summed E-state index contributed by atoms with van der Waals surface area (Å²) in [4.78, 5) is 23.0. The Bertz CT molecular complexity index is 1000. The van der Waals surface area contributed by atoms with E-state index in [1.54, 1.807) is 23.1 Å². The van der Waals surface area contributed by atoms with Gasteiger partial charge in [0, 0.05) is 43.2 Å². The minimum Gasteiger partial charge on any atom is -0.345 e. The molecule has 4 nitrogen and oxygen atoms in total.